The molecule has 0 saturated carbocycles. The van der Waals surface area contributed by atoms with Gasteiger partial charge in [-0.25, -0.2) is 0 Å². The summed E-state index contributed by atoms with van der Waals surface area (Å²) in [4.78, 5) is 0. The Hall–Kier alpha value is -1.02. The van der Waals surface area contributed by atoms with E-state index in [0.29, 0.717) is 6.04 Å². The molecule has 1 aromatic carbocycles. The lowest BCUT2D eigenvalue weighted by Gasteiger charge is -2.08. The van der Waals surface area contributed by atoms with Crippen molar-refractivity contribution in [3.63, 3.8) is 0 Å². The van der Waals surface area contributed by atoms with Crippen molar-refractivity contribution >= 4 is 5.69 Å². The van der Waals surface area contributed by atoms with E-state index in [1.165, 1.54) is 16.8 Å². The van der Waals surface area contributed by atoms with Crippen LogP contribution >= 0.6 is 0 Å². The zero-order chi connectivity index (χ0) is 9.26. The minimum Gasteiger partial charge on any atom is -0.383 e. The van der Waals surface area contributed by atoms with Crippen LogP contribution in [0.15, 0.2) is 18.2 Å². The Balaban J connectivity index is 2.30. The second-order valence-electron chi connectivity index (χ2n) is 3.82. The van der Waals surface area contributed by atoms with Gasteiger partial charge in [-0.3, -0.25) is 0 Å². The Morgan fingerprint density at radius 2 is 2.23 bits per heavy atom. The first-order valence-corrected chi connectivity index (χ1v) is 4.82. The summed E-state index contributed by atoms with van der Waals surface area (Å²) in [5.74, 6) is 0. The van der Waals surface area contributed by atoms with Gasteiger partial charge in [0, 0.05) is 24.8 Å². The van der Waals surface area contributed by atoms with Gasteiger partial charge < -0.3 is 10.6 Å². The minimum absolute atomic E-state index is 0.549. The molecule has 1 heterocycles. The number of nitrogens with one attached hydrogen (secondary N) is 2. The first-order valence-electron chi connectivity index (χ1n) is 4.82. The summed E-state index contributed by atoms with van der Waals surface area (Å²) < 4.78 is 0. The lowest BCUT2D eigenvalue weighted by Crippen LogP contribution is -2.29. The van der Waals surface area contributed by atoms with Gasteiger partial charge in [0.15, 0.2) is 0 Å². The van der Waals surface area contributed by atoms with Crippen LogP contribution in [0.5, 0.6) is 0 Å². The highest BCUT2D eigenvalue weighted by molar-refractivity contribution is 5.53. The van der Waals surface area contributed by atoms with Gasteiger partial charge in [0.2, 0.25) is 0 Å². The Morgan fingerprint density at radius 1 is 1.38 bits per heavy atom. The van der Waals surface area contributed by atoms with Crippen molar-refractivity contribution in [2.45, 2.75) is 26.4 Å². The average molecular weight is 176 g/mol. The third-order valence-corrected chi connectivity index (χ3v) is 2.51. The summed E-state index contributed by atoms with van der Waals surface area (Å²) in [5.41, 5.74) is 3.98. The predicted molar refractivity (Wildman–Crippen MR) is 56.0 cm³/mol. The van der Waals surface area contributed by atoms with Crippen LogP contribution in [0.25, 0.3) is 0 Å². The van der Waals surface area contributed by atoms with Gasteiger partial charge in [0.1, 0.15) is 0 Å². The molecule has 1 atom stereocenters. The van der Waals surface area contributed by atoms with E-state index in [0.717, 1.165) is 13.1 Å². The first kappa shape index (κ1) is 8.57. The van der Waals surface area contributed by atoms with E-state index in [2.05, 4.69) is 42.7 Å². The topological polar surface area (TPSA) is 24.1 Å². The molecule has 2 heteroatoms. The summed E-state index contributed by atoms with van der Waals surface area (Å²) in [6, 6.07) is 7.13. The molecule has 0 spiro atoms. The molecule has 13 heavy (non-hydrogen) atoms. The fraction of sp³-hybridized carbons (Fsp3) is 0.455. The van der Waals surface area contributed by atoms with Crippen molar-refractivity contribution in [1.29, 1.82) is 0 Å². The third-order valence-electron chi connectivity index (χ3n) is 2.51. The number of anilines is 1. The van der Waals surface area contributed by atoms with Crippen molar-refractivity contribution in [2.24, 2.45) is 0 Å². The molecule has 0 aromatic heterocycles. The number of fused-ring (bicyclic) bond motifs is 1. The fourth-order valence-corrected chi connectivity index (χ4v) is 1.63. The molecule has 1 unspecified atom stereocenters. The molecule has 0 fully saturated rings. The predicted octanol–water partition coefficient (Wildman–Crippen LogP) is 1.90. The quantitative estimate of drug-likeness (QED) is 0.631. The lowest BCUT2D eigenvalue weighted by molar-refractivity contribution is 0.581. The Labute approximate surface area is 79.4 Å². The van der Waals surface area contributed by atoms with Gasteiger partial charge >= 0.3 is 0 Å². The molecule has 0 bridgehead atoms. The van der Waals surface area contributed by atoms with Crippen LogP contribution in [0, 0.1) is 6.92 Å². The average Bonchev–Trinajstić information content (AvgIpc) is 2.29. The standard InChI is InChI=1S/C11H16N2/c1-8-3-4-10-7-12-9(2)6-13-11(10)5-8/h3-5,9,12-13H,6-7H2,1-2H3. The van der Waals surface area contributed by atoms with E-state index in [-0.39, 0.29) is 0 Å². The maximum absolute atomic E-state index is 3.46. The molecule has 2 N–H and O–H groups in total. The first-order chi connectivity index (χ1) is 6.25. The van der Waals surface area contributed by atoms with E-state index in [1.807, 2.05) is 0 Å². The maximum atomic E-state index is 3.46. The van der Waals surface area contributed by atoms with Crippen LogP contribution in [-0.2, 0) is 6.54 Å². The molecule has 70 valence electrons. The molecule has 2 nitrogen and oxygen atoms in total. The van der Waals surface area contributed by atoms with Crippen LogP contribution in [0.2, 0.25) is 0 Å². The van der Waals surface area contributed by atoms with Gasteiger partial charge in [0.25, 0.3) is 0 Å². The van der Waals surface area contributed by atoms with Crippen LogP contribution in [0.4, 0.5) is 5.69 Å². The van der Waals surface area contributed by atoms with Crippen LogP contribution in [0.1, 0.15) is 18.1 Å². The smallest absolute Gasteiger partial charge is 0.0389 e. The number of benzene rings is 1. The molecule has 0 saturated heterocycles. The highest BCUT2D eigenvalue weighted by atomic mass is 15.0. The summed E-state index contributed by atoms with van der Waals surface area (Å²) in [6.07, 6.45) is 0. The number of rotatable bonds is 0. The number of aryl methyl sites for hydroxylation is 1. The molecule has 0 amide bonds. The van der Waals surface area contributed by atoms with Crippen molar-refractivity contribution in [3.8, 4) is 0 Å². The molecule has 1 aliphatic heterocycles. The SMILES string of the molecule is Cc1ccc2c(c1)NCC(C)NC2. The van der Waals surface area contributed by atoms with Crippen molar-refractivity contribution in [3.05, 3.63) is 29.3 Å². The fourth-order valence-electron chi connectivity index (χ4n) is 1.63. The van der Waals surface area contributed by atoms with Gasteiger partial charge in [-0.05, 0) is 31.0 Å². The molecule has 2 rings (SSSR count). The Kier molecular flexibility index (Phi) is 2.23. The zero-order valence-electron chi connectivity index (χ0n) is 8.22. The number of hydrogen-bond donors (Lipinski definition) is 2. The minimum atomic E-state index is 0.549. The Morgan fingerprint density at radius 3 is 3.08 bits per heavy atom. The molecule has 0 radical (unpaired) electrons. The van der Waals surface area contributed by atoms with Gasteiger partial charge in [-0.1, -0.05) is 12.1 Å². The van der Waals surface area contributed by atoms with Gasteiger partial charge in [-0.15, -0.1) is 0 Å². The molecular weight excluding hydrogens is 160 g/mol. The van der Waals surface area contributed by atoms with Crippen molar-refractivity contribution in [2.75, 3.05) is 11.9 Å². The summed E-state index contributed by atoms with van der Waals surface area (Å²) in [7, 11) is 0. The monoisotopic (exact) mass is 176 g/mol. The van der Waals surface area contributed by atoms with Gasteiger partial charge in [-0.2, -0.15) is 0 Å². The highest BCUT2D eigenvalue weighted by Crippen LogP contribution is 2.19. The Bertz CT molecular complexity index is 307. The zero-order valence-corrected chi connectivity index (χ0v) is 8.22. The van der Waals surface area contributed by atoms with E-state index >= 15 is 0 Å². The van der Waals surface area contributed by atoms with Crippen molar-refractivity contribution < 1.29 is 0 Å². The lowest BCUT2D eigenvalue weighted by atomic mass is 10.1. The largest absolute Gasteiger partial charge is 0.383 e. The summed E-state index contributed by atoms with van der Waals surface area (Å²) in [6.45, 7) is 6.32. The second-order valence-corrected chi connectivity index (χ2v) is 3.82. The second kappa shape index (κ2) is 3.38. The van der Waals surface area contributed by atoms with Crippen LogP contribution in [-0.4, -0.2) is 12.6 Å². The molecule has 1 aromatic rings. The molecule has 1 aliphatic rings. The summed E-state index contributed by atoms with van der Waals surface area (Å²) in [5, 5.41) is 6.91. The molecule has 0 aliphatic carbocycles. The van der Waals surface area contributed by atoms with Crippen molar-refractivity contribution in [1.82, 2.24) is 5.32 Å². The highest BCUT2D eigenvalue weighted by Gasteiger charge is 2.10. The van der Waals surface area contributed by atoms with E-state index in [1.54, 1.807) is 0 Å². The number of hydrogen-bond acceptors (Lipinski definition) is 2. The van der Waals surface area contributed by atoms with Gasteiger partial charge in [0.05, 0.1) is 0 Å². The van der Waals surface area contributed by atoms with Crippen LogP contribution in [0.3, 0.4) is 0 Å². The van der Waals surface area contributed by atoms with E-state index in [9.17, 15) is 0 Å². The molecular formula is C11H16N2. The third kappa shape index (κ3) is 1.83. The summed E-state index contributed by atoms with van der Waals surface area (Å²) >= 11 is 0. The maximum Gasteiger partial charge on any atom is 0.0389 e. The van der Waals surface area contributed by atoms with E-state index < -0.39 is 0 Å². The normalized spacial score (nSPS) is 21.5. The van der Waals surface area contributed by atoms with E-state index in [4.69, 9.17) is 0 Å². The van der Waals surface area contributed by atoms with Crippen LogP contribution < -0.4 is 10.6 Å².